The molecule has 17 heavy (non-hydrogen) atoms. The minimum atomic E-state index is -3.61. The molecule has 0 atom stereocenters. The van der Waals surface area contributed by atoms with Crippen LogP contribution < -0.4 is 4.72 Å². The predicted molar refractivity (Wildman–Crippen MR) is 64.2 cm³/mol. The van der Waals surface area contributed by atoms with E-state index in [-0.39, 0.29) is 5.75 Å². The van der Waals surface area contributed by atoms with E-state index in [9.17, 15) is 13.2 Å². The number of carboxylic acid groups (broad SMARTS) is 1. The minimum Gasteiger partial charge on any atom is -0.480 e. The van der Waals surface area contributed by atoms with Crippen LogP contribution in [0.25, 0.3) is 0 Å². The fourth-order valence-corrected chi connectivity index (χ4v) is 2.77. The fourth-order valence-electron chi connectivity index (χ4n) is 1.49. The highest BCUT2D eigenvalue weighted by molar-refractivity contribution is 7.88. The average Bonchev–Trinajstić information content (AvgIpc) is 2.21. The largest absolute Gasteiger partial charge is 0.480 e. The molecule has 0 saturated heterocycles. The molecule has 0 aliphatic rings. The molecule has 0 fully saturated rings. The lowest BCUT2D eigenvalue weighted by Crippen LogP contribution is -2.30. The van der Waals surface area contributed by atoms with E-state index in [1.54, 1.807) is 0 Å². The Morgan fingerprint density at radius 1 is 1.29 bits per heavy atom. The summed E-state index contributed by atoms with van der Waals surface area (Å²) in [6, 6.07) is 5.51. The van der Waals surface area contributed by atoms with Crippen molar-refractivity contribution in [2.45, 2.75) is 19.6 Å². The standard InChI is InChI=1S/C11H15NO4S/c1-8-4-3-5-9(2)10(8)7-17(15,16)12-6-11(13)14/h3-5,12H,6-7H2,1-2H3,(H,13,14). The topological polar surface area (TPSA) is 83.5 Å². The third-order valence-corrected chi connectivity index (χ3v) is 3.68. The van der Waals surface area contributed by atoms with Crippen molar-refractivity contribution in [3.8, 4) is 0 Å². The van der Waals surface area contributed by atoms with Crippen LogP contribution in [0, 0.1) is 13.8 Å². The highest BCUT2D eigenvalue weighted by Gasteiger charge is 2.15. The lowest BCUT2D eigenvalue weighted by atomic mass is 10.1. The monoisotopic (exact) mass is 257 g/mol. The van der Waals surface area contributed by atoms with E-state index in [1.165, 1.54) is 0 Å². The molecule has 0 aromatic heterocycles. The van der Waals surface area contributed by atoms with Crippen LogP contribution in [-0.2, 0) is 20.6 Å². The average molecular weight is 257 g/mol. The Kier molecular flexibility index (Phi) is 4.25. The van der Waals surface area contributed by atoms with E-state index in [0.717, 1.165) is 11.1 Å². The van der Waals surface area contributed by atoms with Crippen molar-refractivity contribution in [2.24, 2.45) is 0 Å². The number of aliphatic carboxylic acids is 1. The zero-order valence-corrected chi connectivity index (χ0v) is 10.5. The van der Waals surface area contributed by atoms with Crippen molar-refractivity contribution in [3.05, 3.63) is 34.9 Å². The number of nitrogens with one attached hydrogen (secondary N) is 1. The first kappa shape index (κ1) is 13.7. The number of carboxylic acids is 1. The van der Waals surface area contributed by atoms with Gasteiger partial charge in [0, 0.05) is 0 Å². The number of sulfonamides is 1. The van der Waals surface area contributed by atoms with Crippen molar-refractivity contribution in [1.29, 1.82) is 0 Å². The Labute approximate surface area is 101 Å². The van der Waals surface area contributed by atoms with Gasteiger partial charge in [-0.1, -0.05) is 18.2 Å². The van der Waals surface area contributed by atoms with E-state index < -0.39 is 22.5 Å². The highest BCUT2D eigenvalue weighted by Crippen LogP contribution is 2.15. The van der Waals surface area contributed by atoms with Crippen molar-refractivity contribution < 1.29 is 18.3 Å². The van der Waals surface area contributed by atoms with Gasteiger partial charge in [0.2, 0.25) is 10.0 Å². The summed E-state index contributed by atoms with van der Waals surface area (Å²) in [5, 5.41) is 8.43. The first-order valence-corrected chi connectivity index (χ1v) is 6.71. The molecule has 1 aromatic carbocycles. The van der Waals surface area contributed by atoms with E-state index in [1.807, 2.05) is 36.8 Å². The quantitative estimate of drug-likeness (QED) is 0.817. The predicted octanol–water partition coefficient (Wildman–Crippen LogP) is 0.807. The summed E-state index contributed by atoms with van der Waals surface area (Å²) in [6.07, 6.45) is 0. The summed E-state index contributed by atoms with van der Waals surface area (Å²) < 4.78 is 25.3. The van der Waals surface area contributed by atoms with Gasteiger partial charge >= 0.3 is 5.97 Å². The van der Waals surface area contributed by atoms with Gasteiger partial charge in [-0.25, -0.2) is 13.1 Å². The molecule has 2 N–H and O–H groups in total. The van der Waals surface area contributed by atoms with Crippen LogP contribution in [0.4, 0.5) is 0 Å². The second kappa shape index (κ2) is 5.29. The number of hydrogen-bond donors (Lipinski definition) is 2. The van der Waals surface area contributed by atoms with Gasteiger partial charge in [-0.2, -0.15) is 0 Å². The Hall–Kier alpha value is -1.40. The minimum absolute atomic E-state index is 0.196. The first-order chi connectivity index (χ1) is 7.82. The molecular weight excluding hydrogens is 242 g/mol. The van der Waals surface area contributed by atoms with E-state index in [0.29, 0.717) is 5.56 Å². The third-order valence-electron chi connectivity index (χ3n) is 2.42. The zero-order chi connectivity index (χ0) is 13.1. The number of aryl methyl sites for hydroxylation is 2. The molecule has 94 valence electrons. The summed E-state index contributed by atoms with van der Waals surface area (Å²) in [6.45, 7) is 3.07. The summed E-state index contributed by atoms with van der Waals surface area (Å²) in [5.74, 6) is -1.39. The van der Waals surface area contributed by atoms with Gasteiger partial charge in [-0.3, -0.25) is 4.79 Å². The highest BCUT2D eigenvalue weighted by atomic mass is 32.2. The maximum absolute atomic E-state index is 11.6. The van der Waals surface area contributed by atoms with Gasteiger partial charge < -0.3 is 5.11 Å². The zero-order valence-electron chi connectivity index (χ0n) is 9.73. The number of carbonyl (C=O) groups is 1. The molecule has 0 aliphatic carbocycles. The second-order valence-electron chi connectivity index (χ2n) is 3.84. The maximum Gasteiger partial charge on any atom is 0.318 e. The normalized spacial score (nSPS) is 11.4. The number of hydrogen-bond acceptors (Lipinski definition) is 3. The molecule has 0 bridgehead atoms. The Morgan fingerprint density at radius 3 is 2.29 bits per heavy atom. The molecule has 1 aromatic rings. The number of benzene rings is 1. The molecule has 1 rings (SSSR count). The van der Waals surface area contributed by atoms with Gasteiger partial charge in [0.15, 0.2) is 0 Å². The summed E-state index contributed by atoms with van der Waals surface area (Å²) >= 11 is 0. The summed E-state index contributed by atoms with van der Waals surface area (Å²) in [5.41, 5.74) is 2.47. The van der Waals surface area contributed by atoms with Crippen LogP contribution >= 0.6 is 0 Å². The molecule has 0 spiro atoms. The fraction of sp³-hybridized carbons (Fsp3) is 0.364. The molecule has 0 radical (unpaired) electrons. The van der Waals surface area contributed by atoms with Gasteiger partial charge in [0.05, 0.1) is 5.75 Å². The van der Waals surface area contributed by atoms with Crippen LogP contribution in [0.5, 0.6) is 0 Å². The molecule has 6 heteroatoms. The van der Waals surface area contributed by atoms with E-state index in [2.05, 4.69) is 0 Å². The molecule has 0 heterocycles. The van der Waals surface area contributed by atoms with Crippen LogP contribution in [0.3, 0.4) is 0 Å². The Bertz CT molecular complexity index is 502. The maximum atomic E-state index is 11.6. The number of rotatable bonds is 5. The second-order valence-corrected chi connectivity index (χ2v) is 5.65. The van der Waals surface area contributed by atoms with E-state index in [4.69, 9.17) is 5.11 Å². The smallest absolute Gasteiger partial charge is 0.318 e. The van der Waals surface area contributed by atoms with Crippen molar-refractivity contribution in [1.82, 2.24) is 4.72 Å². The molecule has 0 aliphatic heterocycles. The Morgan fingerprint density at radius 2 is 1.82 bits per heavy atom. The lowest BCUT2D eigenvalue weighted by Gasteiger charge is -2.10. The van der Waals surface area contributed by atoms with Gasteiger partial charge in [-0.15, -0.1) is 0 Å². The molecule has 0 unspecified atom stereocenters. The molecular formula is C11H15NO4S. The van der Waals surface area contributed by atoms with Gasteiger partial charge in [0.1, 0.15) is 6.54 Å². The van der Waals surface area contributed by atoms with Crippen molar-refractivity contribution >= 4 is 16.0 Å². The third kappa shape index (κ3) is 4.16. The first-order valence-electron chi connectivity index (χ1n) is 5.06. The van der Waals surface area contributed by atoms with Gasteiger partial charge in [0.25, 0.3) is 0 Å². The van der Waals surface area contributed by atoms with Crippen LogP contribution in [0.1, 0.15) is 16.7 Å². The summed E-state index contributed by atoms with van der Waals surface area (Å²) in [4.78, 5) is 10.3. The van der Waals surface area contributed by atoms with Gasteiger partial charge in [-0.05, 0) is 30.5 Å². The SMILES string of the molecule is Cc1cccc(C)c1CS(=O)(=O)NCC(=O)O. The van der Waals surface area contributed by atoms with Crippen molar-refractivity contribution in [3.63, 3.8) is 0 Å². The molecule has 5 nitrogen and oxygen atoms in total. The van der Waals surface area contributed by atoms with Crippen LogP contribution in [-0.4, -0.2) is 26.0 Å². The van der Waals surface area contributed by atoms with Crippen LogP contribution in [0.15, 0.2) is 18.2 Å². The Balaban J connectivity index is 2.87. The molecule has 0 saturated carbocycles. The lowest BCUT2D eigenvalue weighted by molar-refractivity contribution is -0.135. The van der Waals surface area contributed by atoms with Crippen LogP contribution in [0.2, 0.25) is 0 Å². The van der Waals surface area contributed by atoms with Crippen molar-refractivity contribution in [2.75, 3.05) is 6.54 Å². The summed E-state index contributed by atoms with van der Waals surface area (Å²) in [7, 11) is -3.61. The van der Waals surface area contributed by atoms with E-state index >= 15 is 0 Å². The molecule has 0 amide bonds.